The number of nitrogens with one attached hydrogen (secondary N) is 2. The van der Waals surface area contributed by atoms with Crippen molar-refractivity contribution in [3.63, 3.8) is 0 Å². The number of benzene rings is 1. The summed E-state index contributed by atoms with van der Waals surface area (Å²) in [5.41, 5.74) is -0.496. The first-order valence-electron chi connectivity index (χ1n) is 7.16. The minimum Gasteiger partial charge on any atom is -0.743 e. The van der Waals surface area contributed by atoms with E-state index in [4.69, 9.17) is 0 Å². The highest BCUT2D eigenvalue weighted by Gasteiger charge is 2.60. The van der Waals surface area contributed by atoms with Crippen LogP contribution in [0.3, 0.4) is 0 Å². The fraction of sp³-hybridized carbons (Fsp3) is 0.286. The molecular formula is C14H11F5IN2O6S-. The lowest BCUT2D eigenvalue weighted by Gasteiger charge is -2.30. The molecule has 0 radical (unpaired) electrons. The van der Waals surface area contributed by atoms with Crippen molar-refractivity contribution in [2.45, 2.75) is 17.5 Å². The summed E-state index contributed by atoms with van der Waals surface area (Å²) >= 11 is 1.58. The maximum absolute atomic E-state index is 13.5. The number of rotatable bonds is 7. The van der Waals surface area contributed by atoms with Crippen molar-refractivity contribution in [1.29, 1.82) is 0 Å². The molecule has 0 heterocycles. The number of amides is 2. The summed E-state index contributed by atoms with van der Waals surface area (Å²) in [6.45, 7) is 3.21. The van der Waals surface area contributed by atoms with E-state index in [2.05, 4.69) is 16.6 Å². The molecule has 0 aliphatic rings. The molecule has 0 fully saturated rings. The summed E-state index contributed by atoms with van der Waals surface area (Å²) in [6, 6.07) is -1.40. The lowest BCUT2D eigenvalue weighted by atomic mass is 10.1. The van der Waals surface area contributed by atoms with Gasteiger partial charge in [0, 0.05) is 9.13 Å². The van der Waals surface area contributed by atoms with Gasteiger partial charge in [-0.25, -0.2) is 13.2 Å². The van der Waals surface area contributed by atoms with Crippen LogP contribution in [0, 0.1) is 3.57 Å². The summed E-state index contributed by atoms with van der Waals surface area (Å²) in [6.07, 6.45) is -5.56. The molecule has 2 N–H and O–H groups in total. The Morgan fingerprint density at radius 1 is 1.28 bits per heavy atom. The molecule has 0 aliphatic heterocycles. The number of anilines is 1. The van der Waals surface area contributed by atoms with Gasteiger partial charge in [-0.1, -0.05) is 12.7 Å². The van der Waals surface area contributed by atoms with Gasteiger partial charge in [-0.15, -0.1) is 0 Å². The van der Waals surface area contributed by atoms with E-state index in [-0.39, 0.29) is 15.9 Å². The van der Waals surface area contributed by atoms with E-state index in [1.165, 1.54) is 6.08 Å². The summed E-state index contributed by atoms with van der Waals surface area (Å²) in [7, 11) is -6.74. The zero-order valence-corrected chi connectivity index (χ0v) is 16.9. The number of hydrogen-bond donors (Lipinski definition) is 2. The molecule has 29 heavy (non-hydrogen) atoms. The smallest absolute Gasteiger partial charge is 0.415 e. The van der Waals surface area contributed by atoms with Crippen molar-refractivity contribution in [2.24, 2.45) is 0 Å². The Balaban J connectivity index is 3.10. The van der Waals surface area contributed by atoms with Gasteiger partial charge in [-0.2, -0.15) is 22.0 Å². The van der Waals surface area contributed by atoms with Gasteiger partial charge < -0.3 is 14.6 Å². The number of alkyl halides is 5. The summed E-state index contributed by atoms with van der Waals surface area (Å²) < 4.78 is 102. The van der Waals surface area contributed by atoms with Gasteiger partial charge in [0.15, 0.2) is 10.1 Å². The predicted molar refractivity (Wildman–Crippen MR) is 96.3 cm³/mol. The van der Waals surface area contributed by atoms with Crippen LogP contribution >= 0.6 is 22.6 Å². The molecule has 0 aliphatic carbocycles. The third-order valence-corrected chi connectivity index (χ3v) is 4.87. The fourth-order valence-corrected chi connectivity index (χ4v) is 2.88. The summed E-state index contributed by atoms with van der Waals surface area (Å²) in [5, 5.41) is -2.78. The molecule has 2 amide bonds. The summed E-state index contributed by atoms with van der Waals surface area (Å²) in [4.78, 5) is 23.4. The molecular weight excluding hydrogens is 546 g/mol. The maximum Gasteiger partial charge on any atom is 0.415 e. The number of ether oxygens (including phenoxy) is 1. The second-order valence-electron chi connectivity index (χ2n) is 5.17. The zero-order valence-electron chi connectivity index (χ0n) is 13.9. The van der Waals surface area contributed by atoms with Crippen molar-refractivity contribution in [3.05, 3.63) is 40.0 Å². The van der Waals surface area contributed by atoms with Crippen LogP contribution < -0.4 is 10.6 Å². The Labute approximate surface area is 174 Å². The van der Waals surface area contributed by atoms with Crippen molar-refractivity contribution < 1.29 is 49.2 Å². The van der Waals surface area contributed by atoms with Gasteiger partial charge in [0.05, 0.1) is 5.69 Å². The number of hydrogen-bond acceptors (Lipinski definition) is 6. The fourth-order valence-electron chi connectivity index (χ4n) is 1.75. The molecule has 0 saturated carbocycles. The van der Waals surface area contributed by atoms with E-state index >= 15 is 0 Å². The average Bonchev–Trinajstić information content (AvgIpc) is 2.57. The van der Waals surface area contributed by atoms with Gasteiger partial charge >= 0.3 is 17.5 Å². The van der Waals surface area contributed by atoms with E-state index in [9.17, 15) is 44.5 Å². The number of carbonyl (C=O) groups is 2. The van der Waals surface area contributed by atoms with E-state index in [1.54, 1.807) is 22.6 Å². The van der Waals surface area contributed by atoms with Crippen molar-refractivity contribution in [1.82, 2.24) is 5.32 Å². The Bertz CT molecular complexity index is 906. The SMILES string of the molecule is C=CCOC(=O)Nc1ccc(C(=O)NC(C(F)(F)F)C(F)(F)S(=O)(=O)[O-])cc1I. The Hall–Kier alpha value is -2.01. The van der Waals surface area contributed by atoms with Crippen molar-refractivity contribution in [2.75, 3.05) is 11.9 Å². The molecule has 1 aromatic carbocycles. The molecule has 1 aromatic rings. The first kappa shape index (κ1) is 25.0. The van der Waals surface area contributed by atoms with E-state index in [1.807, 2.05) is 0 Å². The van der Waals surface area contributed by atoms with Gasteiger partial charge in [-0.05, 0) is 40.8 Å². The highest BCUT2D eigenvalue weighted by molar-refractivity contribution is 14.1. The monoisotopic (exact) mass is 557 g/mol. The van der Waals surface area contributed by atoms with E-state index in [0.29, 0.717) is 0 Å². The molecule has 1 atom stereocenters. The van der Waals surface area contributed by atoms with Crippen LogP contribution in [0.5, 0.6) is 0 Å². The molecule has 0 saturated heterocycles. The normalized spacial score (nSPS) is 13.3. The van der Waals surface area contributed by atoms with Crippen LogP contribution in [0.15, 0.2) is 30.9 Å². The third kappa shape index (κ3) is 6.49. The highest BCUT2D eigenvalue weighted by Crippen LogP contribution is 2.36. The van der Waals surface area contributed by atoms with Crippen molar-refractivity contribution >= 4 is 50.4 Å². The Morgan fingerprint density at radius 2 is 1.86 bits per heavy atom. The van der Waals surface area contributed by atoms with Crippen LogP contribution in [-0.4, -0.2) is 49.1 Å². The van der Waals surface area contributed by atoms with Crippen LogP contribution in [0.2, 0.25) is 0 Å². The van der Waals surface area contributed by atoms with Crippen LogP contribution in [0.4, 0.5) is 32.4 Å². The highest BCUT2D eigenvalue weighted by atomic mass is 127. The molecule has 162 valence electrons. The molecule has 1 rings (SSSR count). The molecule has 0 aromatic heterocycles. The predicted octanol–water partition coefficient (Wildman–Crippen LogP) is 2.82. The number of carbonyl (C=O) groups excluding carboxylic acids is 2. The Kier molecular flexibility index (Phi) is 7.94. The minimum absolute atomic E-state index is 0.0797. The topological polar surface area (TPSA) is 125 Å². The van der Waals surface area contributed by atoms with Gasteiger partial charge in [0.1, 0.15) is 6.61 Å². The summed E-state index contributed by atoms with van der Waals surface area (Å²) in [5.74, 6) is -1.73. The zero-order chi connectivity index (χ0) is 22.6. The first-order valence-corrected chi connectivity index (χ1v) is 9.65. The van der Waals surface area contributed by atoms with Crippen LogP contribution in [0.1, 0.15) is 10.4 Å². The standard InChI is InChI=1S/C14H12F5IN2O6S/c1-2-5-28-12(24)21-9-4-3-7(6-8(9)20)10(23)22-11(13(15,16)17)14(18,19)29(25,26)27/h2-4,6,11H,1,5H2,(H,21,24)(H,22,23)(H,25,26,27)/p-1. The quantitative estimate of drug-likeness (QED) is 0.230. The van der Waals surface area contributed by atoms with E-state index < -0.39 is 45.2 Å². The Morgan fingerprint density at radius 3 is 2.31 bits per heavy atom. The van der Waals surface area contributed by atoms with Crippen LogP contribution in [0.25, 0.3) is 0 Å². The van der Waals surface area contributed by atoms with Crippen LogP contribution in [-0.2, 0) is 14.9 Å². The molecule has 8 nitrogen and oxygen atoms in total. The maximum atomic E-state index is 13.5. The number of halogens is 6. The second kappa shape index (κ2) is 9.21. The molecule has 1 unspecified atom stereocenters. The van der Waals surface area contributed by atoms with Gasteiger partial charge in [0.25, 0.3) is 5.91 Å². The largest absolute Gasteiger partial charge is 0.743 e. The van der Waals surface area contributed by atoms with E-state index in [0.717, 1.165) is 23.5 Å². The lowest BCUT2D eigenvalue weighted by molar-refractivity contribution is -0.191. The lowest BCUT2D eigenvalue weighted by Crippen LogP contribution is -2.59. The third-order valence-electron chi connectivity index (χ3n) is 3.07. The van der Waals surface area contributed by atoms with Crippen molar-refractivity contribution in [3.8, 4) is 0 Å². The molecule has 0 bridgehead atoms. The molecule has 15 heteroatoms. The minimum atomic E-state index is -6.74. The van der Waals surface area contributed by atoms with Gasteiger partial charge in [0.2, 0.25) is 6.04 Å². The molecule has 0 spiro atoms. The average molecular weight is 557 g/mol. The second-order valence-corrected chi connectivity index (χ2v) is 7.79. The van der Waals surface area contributed by atoms with Gasteiger partial charge in [-0.3, -0.25) is 10.1 Å². The first-order chi connectivity index (χ1) is 13.1.